The van der Waals surface area contributed by atoms with Crippen LogP contribution in [0.5, 0.6) is 5.75 Å². The van der Waals surface area contributed by atoms with Crippen molar-refractivity contribution in [2.45, 2.75) is 12.8 Å². The molecular formula is C23H19NO2. The first kappa shape index (κ1) is 16.2. The van der Waals surface area contributed by atoms with Crippen LogP contribution in [-0.4, -0.2) is 11.0 Å². The maximum absolute atomic E-state index is 12.7. The number of fused-ring (bicyclic) bond motifs is 1. The van der Waals surface area contributed by atoms with E-state index < -0.39 is 0 Å². The van der Waals surface area contributed by atoms with E-state index in [0.717, 1.165) is 27.5 Å². The Morgan fingerprint density at radius 1 is 0.962 bits per heavy atom. The molecule has 3 nitrogen and oxygen atoms in total. The SMILES string of the molecule is C=C1CC(c2ccccc2)=C(Cc2c(O)ccc3ccccc23)C(=O)N1. The molecule has 1 heterocycles. The first-order valence-corrected chi connectivity index (χ1v) is 8.59. The molecular weight excluding hydrogens is 322 g/mol. The third-order valence-corrected chi connectivity index (χ3v) is 4.81. The van der Waals surface area contributed by atoms with Gasteiger partial charge in [0, 0.05) is 29.7 Å². The van der Waals surface area contributed by atoms with Gasteiger partial charge < -0.3 is 10.4 Å². The highest BCUT2D eigenvalue weighted by atomic mass is 16.3. The van der Waals surface area contributed by atoms with Crippen molar-refractivity contribution >= 4 is 22.3 Å². The van der Waals surface area contributed by atoms with Crippen molar-refractivity contribution in [1.29, 1.82) is 0 Å². The number of phenolic OH excluding ortho intramolecular Hbond substituents is 1. The number of rotatable bonds is 3. The summed E-state index contributed by atoms with van der Waals surface area (Å²) in [5, 5.41) is 15.3. The third kappa shape index (κ3) is 2.88. The van der Waals surface area contributed by atoms with E-state index in [4.69, 9.17) is 0 Å². The lowest BCUT2D eigenvalue weighted by atomic mass is 9.87. The summed E-state index contributed by atoms with van der Waals surface area (Å²) in [7, 11) is 0. The topological polar surface area (TPSA) is 49.3 Å². The van der Waals surface area contributed by atoms with Gasteiger partial charge in [0.05, 0.1) is 0 Å². The summed E-state index contributed by atoms with van der Waals surface area (Å²) >= 11 is 0. The van der Waals surface area contributed by atoms with Crippen LogP contribution < -0.4 is 5.32 Å². The van der Waals surface area contributed by atoms with Gasteiger partial charge in [-0.2, -0.15) is 0 Å². The van der Waals surface area contributed by atoms with Crippen molar-refractivity contribution in [2.75, 3.05) is 0 Å². The monoisotopic (exact) mass is 341 g/mol. The maximum atomic E-state index is 12.7. The number of allylic oxidation sites excluding steroid dienone is 1. The number of hydrogen-bond donors (Lipinski definition) is 2. The summed E-state index contributed by atoms with van der Waals surface area (Å²) in [6, 6.07) is 21.4. The second kappa shape index (κ2) is 6.52. The predicted molar refractivity (Wildman–Crippen MR) is 105 cm³/mol. The van der Waals surface area contributed by atoms with Crippen LogP contribution in [0.1, 0.15) is 17.5 Å². The van der Waals surface area contributed by atoms with Crippen molar-refractivity contribution in [3.05, 3.63) is 95.7 Å². The highest BCUT2D eigenvalue weighted by Crippen LogP contribution is 2.35. The first-order valence-electron chi connectivity index (χ1n) is 8.59. The van der Waals surface area contributed by atoms with Gasteiger partial charge in [0.2, 0.25) is 0 Å². The second-order valence-corrected chi connectivity index (χ2v) is 6.52. The molecule has 0 fully saturated rings. The summed E-state index contributed by atoms with van der Waals surface area (Å²) < 4.78 is 0. The van der Waals surface area contributed by atoms with Gasteiger partial charge in [-0.3, -0.25) is 4.79 Å². The Bertz CT molecular complexity index is 1050. The Hall–Kier alpha value is -3.33. The van der Waals surface area contributed by atoms with Gasteiger partial charge in [0.15, 0.2) is 0 Å². The van der Waals surface area contributed by atoms with Gasteiger partial charge >= 0.3 is 0 Å². The maximum Gasteiger partial charge on any atom is 0.251 e. The minimum atomic E-state index is -0.146. The van der Waals surface area contributed by atoms with Crippen LogP contribution in [-0.2, 0) is 11.2 Å². The highest BCUT2D eigenvalue weighted by molar-refractivity contribution is 6.05. The summed E-state index contributed by atoms with van der Waals surface area (Å²) in [5.41, 5.74) is 4.12. The standard InChI is InChI=1S/C23H19NO2/c1-15-13-19(16-7-3-2-4-8-16)21(23(26)24-15)14-20-18-10-6-5-9-17(18)11-12-22(20)25/h2-12,25H,1,13-14H2,(H,24,26). The molecule has 0 bridgehead atoms. The molecule has 0 saturated carbocycles. The Labute approximate surface area is 152 Å². The number of nitrogens with one attached hydrogen (secondary N) is 1. The zero-order valence-corrected chi connectivity index (χ0v) is 14.3. The van der Waals surface area contributed by atoms with Gasteiger partial charge in [-0.25, -0.2) is 0 Å². The lowest BCUT2D eigenvalue weighted by Gasteiger charge is -2.23. The van der Waals surface area contributed by atoms with E-state index in [1.165, 1.54) is 0 Å². The summed E-state index contributed by atoms with van der Waals surface area (Å²) in [6.45, 7) is 3.93. The Kier molecular flexibility index (Phi) is 4.05. The van der Waals surface area contributed by atoms with Gasteiger partial charge in [-0.05, 0) is 28.0 Å². The molecule has 3 aromatic rings. The van der Waals surface area contributed by atoms with E-state index in [9.17, 15) is 9.90 Å². The fourth-order valence-corrected chi connectivity index (χ4v) is 3.53. The quantitative estimate of drug-likeness (QED) is 0.733. The van der Waals surface area contributed by atoms with Crippen molar-refractivity contribution in [1.82, 2.24) is 5.32 Å². The highest BCUT2D eigenvalue weighted by Gasteiger charge is 2.24. The van der Waals surface area contributed by atoms with E-state index >= 15 is 0 Å². The average molecular weight is 341 g/mol. The average Bonchev–Trinajstić information content (AvgIpc) is 2.66. The number of amides is 1. The molecule has 1 aliphatic heterocycles. The van der Waals surface area contributed by atoms with Crippen molar-refractivity contribution in [3.8, 4) is 5.75 Å². The molecule has 128 valence electrons. The van der Waals surface area contributed by atoms with Crippen molar-refractivity contribution in [3.63, 3.8) is 0 Å². The molecule has 0 saturated heterocycles. The fraction of sp³-hybridized carbons (Fsp3) is 0.0870. The Morgan fingerprint density at radius 3 is 2.50 bits per heavy atom. The van der Waals surface area contributed by atoms with E-state index in [0.29, 0.717) is 24.1 Å². The van der Waals surface area contributed by atoms with Crippen LogP contribution in [0.4, 0.5) is 0 Å². The Balaban J connectivity index is 1.89. The summed E-state index contributed by atoms with van der Waals surface area (Å²) in [5.74, 6) is 0.0632. The number of aromatic hydroxyl groups is 1. The molecule has 3 heteroatoms. The van der Waals surface area contributed by atoms with Gasteiger partial charge in [0.1, 0.15) is 5.75 Å². The fourth-order valence-electron chi connectivity index (χ4n) is 3.53. The number of hydrogen-bond acceptors (Lipinski definition) is 2. The molecule has 26 heavy (non-hydrogen) atoms. The molecule has 1 aliphatic rings. The van der Waals surface area contributed by atoms with Crippen LogP contribution in [0.15, 0.2) is 84.6 Å². The van der Waals surface area contributed by atoms with Gasteiger partial charge in [-0.15, -0.1) is 0 Å². The molecule has 0 spiro atoms. The molecule has 0 aliphatic carbocycles. The normalized spacial score (nSPS) is 14.6. The molecule has 2 N–H and O–H groups in total. The second-order valence-electron chi connectivity index (χ2n) is 6.52. The van der Waals surface area contributed by atoms with Crippen LogP contribution in [0.25, 0.3) is 16.3 Å². The van der Waals surface area contributed by atoms with Crippen LogP contribution in [0.2, 0.25) is 0 Å². The van der Waals surface area contributed by atoms with E-state index in [2.05, 4.69) is 11.9 Å². The van der Waals surface area contributed by atoms with E-state index in [-0.39, 0.29) is 11.7 Å². The first-order chi connectivity index (χ1) is 12.6. The lowest BCUT2D eigenvalue weighted by molar-refractivity contribution is -0.117. The minimum Gasteiger partial charge on any atom is -0.508 e. The van der Waals surface area contributed by atoms with E-state index in [1.807, 2.05) is 60.7 Å². The predicted octanol–water partition coefficient (Wildman–Crippen LogP) is 4.58. The van der Waals surface area contributed by atoms with Crippen LogP contribution in [0, 0.1) is 0 Å². The zero-order valence-electron chi connectivity index (χ0n) is 14.3. The molecule has 0 unspecified atom stereocenters. The minimum absolute atomic E-state index is 0.146. The Morgan fingerprint density at radius 2 is 1.69 bits per heavy atom. The van der Waals surface area contributed by atoms with Crippen molar-refractivity contribution in [2.24, 2.45) is 0 Å². The molecule has 0 atom stereocenters. The number of benzene rings is 3. The summed E-state index contributed by atoms with van der Waals surface area (Å²) in [4.78, 5) is 12.7. The van der Waals surface area contributed by atoms with Crippen LogP contribution >= 0.6 is 0 Å². The molecule has 3 aromatic carbocycles. The van der Waals surface area contributed by atoms with Crippen LogP contribution in [0.3, 0.4) is 0 Å². The lowest BCUT2D eigenvalue weighted by Crippen LogP contribution is -2.30. The summed E-state index contributed by atoms with van der Waals surface area (Å²) in [6.07, 6.45) is 0.965. The number of phenols is 1. The molecule has 0 aromatic heterocycles. The van der Waals surface area contributed by atoms with Gasteiger partial charge in [0.25, 0.3) is 5.91 Å². The van der Waals surface area contributed by atoms with Gasteiger partial charge in [-0.1, -0.05) is 67.2 Å². The van der Waals surface area contributed by atoms with E-state index in [1.54, 1.807) is 6.07 Å². The number of carbonyl (C=O) groups is 1. The smallest absolute Gasteiger partial charge is 0.251 e. The molecule has 4 rings (SSSR count). The largest absolute Gasteiger partial charge is 0.508 e. The van der Waals surface area contributed by atoms with Crippen molar-refractivity contribution < 1.29 is 9.90 Å². The molecule has 0 radical (unpaired) electrons. The molecule has 1 amide bonds. The zero-order chi connectivity index (χ0) is 18.1. The third-order valence-electron chi connectivity index (χ3n) is 4.81. The number of carbonyl (C=O) groups excluding carboxylic acids is 1.